The molecule has 1 aliphatic rings. The minimum absolute atomic E-state index is 0.239. The van der Waals surface area contributed by atoms with Gasteiger partial charge in [-0.05, 0) is 25.8 Å². The molecule has 0 aliphatic carbocycles. The van der Waals surface area contributed by atoms with Crippen LogP contribution >= 0.6 is 11.3 Å². The molecule has 1 aromatic heterocycles. The van der Waals surface area contributed by atoms with Gasteiger partial charge in [-0.15, -0.1) is 0 Å². The molecule has 1 fully saturated rings. The first-order valence-corrected chi connectivity index (χ1v) is 10.4. The normalized spacial score (nSPS) is 18.7. The highest BCUT2D eigenvalue weighted by atomic mass is 32.2. The number of carbonyl (C=O) groups excluding carboxylic acids is 2. The maximum absolute atomic E-state index is 12.4. The lowest BCUT2D eigenvalue weighted by Crippen LogP contribution is -2.45. The topological polar surface area (TPSA) is 144 Å². The Morgan fingerprint density at radius 1 is 1.48 bits per heavy atom. The highest BCUT2D eigenvalue weighted by molar-refractivity contribution is 7.88. The summed E-state index contributed by atoms with van der Waals surface area (Å²) in [7, 11) is -1.24. The third-order valence-corrected chi connectivity index (χ3v) is 5.81. The Morgan fingerprint density at radius 2 is 2.19 bits per heavy atom. The van der Waals surface area contributed by atoms with E-state index < -0.39 is 28.8 Å². The van der Waals surface area contributed by atoms with Gasteiger partial charge in [0.05, 0.1) is 27.1 Å². The molecule has 11 heteroatoms. The van der Waals surface area contributed by atoms with Gasteiger partial charge in [0.15, 0.2) is 5.13 Å². The van der Waals surface area contributed by atoms with Crippen molar-refractivity contribution in [2.45, 2.75) is 25.8 Å². The van der Waals surface area contributed by atoms with Gasteiger partial charge in [0, 0.05) is 19.0 Å². The zero-order chi connectivity index (χ0) is 20.1. The van der Waals surface area contributed by atoms with Crippen LogP contribution in [0.2, 0.25) is 0 Å². The van der Waals surface area contributed by atoms with E-state index in [1.165, 1.54) is 28.7 Å². The SMILES string of the molecule is C=C(N=C/C=C(\N)c1sc(NC(=O)N2CCC[C@H]2C(N)=O)nc1C)S(C)=O. The predicted octanol–water partition coefficient (Wildman–Crippen LogP) is 1.15. The lowest BCUT2D eigenvalue weighted by molar-refractivity contribution is -0.121. The molecule has 0 radical (unpaired) electrons. The van der Waals surface area contributed by atoms with E-state index in [0.717, 1.165) is 6.42 Å². The number of primary amides is 1. The van der Waals surface area contributed by atoms with Crippen LogP contribution in [0.4, 0.5) is 9.93 Å². The van der Waals surface area contributed by atoms with E-state index in [2.05, 4.69) is 21.9 Å². The van der Waals surface area contributed by atoms with Crippen LogP contribution in [0.1, 0.15) is 23.4 Å². The number of nitrogens with two attached hydrogens (primary N) is 2. The quantitative estimate of drug-likeness (QED) is 0.603. The summed E-state index contributed by atoms with van der Waals surface area (Å²) < 4.78 is 11.2. The molecule has 2 rings (SSSR count). The number of allylic oxidation sites excluding steroid dienone is 1. The molecule has 2 atom stereocenters. The molecule has 0 bridgehead atoms. The lowest BCUT2D eigenvalue weighted by atomic mass is 10.2. The molecule has 9 nitrogen and oxygen atoms in total. The van der Waals surface area contributed by atoms with Gasteiger partial charge >= 0.3 is 6.03 Å². The summed E-state index contributed by atoms with van der Waals surface area (Å²) in [5.74, 6) is -0.514. The van der Waals surface area contributed by atoms with Crippen LogP contribution in [0.3, 0.4) is 0 Å². The van der Waals surface area contributed by atoms with Gasteiger partial charge < -0.3 is 16.4 Å². The Kier molecular flexibility index (Phi) is 6.86. The Labute approximate surface area is 163 Å². The monoisotopic (exact) mass is 410 g/mol. The van der Waals surface area contributed by atoms with Crippen molar-refractivity contribution in [1.29, 1.82) is 0 Å². The van der Waals surface area contributed by atoms with E-state index in [0.29, 0.717) is 34.4 Å². The van der Waals surface area contributed by atoms with Crippen molar-refractivity contribution in [1.82, 2.24) is 9.88 Å². The number of thiazole rings is 1. The molecular weight excluding hydrogens is 388 g/mol. The highest BCUT2D eigenvalue weighted by Crippen LogP contribution is 2.27. The standard InChI is InChI=1S/C16H22N6O3S2/c1-9-13(11(17)6-7-19-10(2)27(3)25)26-15(20-9)21-16(24)22-8-4-5-12(22)14(18)23/h6-7,12H,2,4-5,8,17H2,1,3H3,(H2,18,23)(H,20,21,24)/b11-6-,19-7?/t12-,27?/m0/s1. The first kappa shape index (κ1) is 20.8. The van der Waals surface area contributed by atoms with Crippen LogP contribution in [-0.2, 0) is 15.6 Å². The van der Waals surface area contributed by atoms with Crippen LogP contribution in [0.5, 0.6) is 0 Å². The summed E-state index contributed by atoms with van der Waals surface area (Å²) in [6, 6.07) is -1.01. The van der Waals surface area contributed by atoms with Crippen LogP contribution in [0.25, 0.3) is 5.70 Å². The Balaban J connectivity index is 2.09. The summed E-state index contributed by atoms with van der Waals surface area (Å²) in [5.41, 5.74) is 12.4. The van der Waals surface area contributed by atoms with Crippen molar-refractivity contribution < 1.29 is 13.8 Å². The van der Waals surface area contributed by atoms with E-state index in [9.17, 15) is 13.8 Å². The summed E-state index contributed by atoms with van der Waals surface area (Å²) >= 11 is 1.21. The molecule has 0 saturated carbocycles. The fourth-order valence-corrected chi connectivity index (χ4v) is 3.64. The number of anilines is 1. The number of hydrogen-bond donors (Lipinski definition) is 3. The number of aromatic nitrogens is 1. The zero-order valence-electron chi connectivity index (χ0n) is 15.1. The zero-order valence-corrected chi connectivity index (χ0v) is 16.7. The number of rotatable bonds is 6. The van der Waals surface area contributed by atoms with E-state index in [1.807, 2.05) is 0 Å². The Morgan fingerprint density at radius 3 is 2.81 bits per heavy atom. The van der Waals surface area contributed by atoms with Crippen LogP contribution in [0.15, 0.2) is 22.7 Å². The van der Waals surface area contributed by atoms with Gasteiger partial charge in [-0.2, -0.15) is 0 Å². The molecule has 0 aromatic carbocycles. The number of amides is 3. The molecule has 3 amide bonds. The minimum atomic E-state index is -1.24. The van der Waals surface area contributed by atoms with Crippen LogP contribution < -0.4 is 16.8 Å². The van der Waals surface area contributed by atoms with E-state index in [-0.39, 0.29) is 5.03 Å². The summed E-state index contributed by atoms with van der Waals surface area (Å²) in [6.45, 7) is 5.81. The van der Waals surface area contributed by atoms with Crippen molar-refractivity contribution in [3.05, 3.63) is 28.3 Å². The molecule has 27 heavy (non-hydrogen) atoms. The number of likely N-dealkylation sites (tertiary alicyclic amines) is 1. The number of hydrogen-bond acceptors (Lipinski definition) is 7. The number of aryl methyl sites for hydroxylation is 1. The van der Waals surface area contributed by atoms with Gasteiger partial charge in [-0.3, -0.25) is 14.3 Å². The number of nitrogens with one attached hydrogen (secondary N) is 1. The number of nitrogens with zero attached hydrogens (tertiary/aromatic N) is 3. The van der Waals surface area contributed by atoms with Gasteiger partial charge in [0.2, 0.25) is 5.91 Å². The summed E-state index contributed by atoms with van der Waals surface area (Å²) in [4.78, 5) is 34.2. The van der Waals surface area contributed by atoms with Crippen molar-refractivity contribution in [2.75, 3.05) is 18.1 Å². The van der Waals surface area contributed by atoms with Crippen LogP contribution in [0, 0.1) is 6.92 Å². The van der Waals surface area contributed by atoms with Gasteiger partial charge in [0.1, 0.15) is 11.1 Å². The Hall–Kier alpha value is -2.53. The maximum atomic E-state index is 12.4. The molecule has 1 aliphatic heterocycles. The second-order valence-electron chi connectivity index (χ2n) is 5.87. The average Bonchev–Trinajstić information content (AvgIpc) is 3.21. The van der Waals surface area contributed by atoms with Crippen molar-refractivity contribution in [3.63, 3.8) is 0 Å². The largest absolute Gasteiger partial charge is 0.397 e. The fraction of sp³-hybridized carbons (Fsp3) is 0.375. The minimum Gasteiger partial charge on any atom is -0.397 e. The highest BCUT2D eigenvalue weighted by Gasteiger charge is 2.33. The molecule has 1 aromatic rings. The average molecular weight is 411 g/mol. The van der Waals surface area contributed by atoms with Crippen molar-refractivity contribution in [3.8, 4) is 0 Å². The van der Waals surface area contributed by atoms with Gasteiger partial charge in [-0.1, -0.05) is 17.9 Å². The first-order valence-electron chi connectivity index (χ1n) is 8.07. The maximum Gasteiger partial charge on any atom is 0.324 e. The first-order chi connectivity index (χ1) is 12.7. The van der Waals surface area contributed by atoms with Gasteiger partial charge in [-0.25, -0.2) is 14.8 Å². The van der Waals surface area contributed by atoms with E-state index >= 15 is 0 Å². The molecule has 2 heterocycles. The smallest absolute Gasteiger partial charge is 0.324 e. The molecule has 1 saturated heterocycles. The molecular formula is C16H22N6O3S2. The molecule has 1 unspecified atom stereocenters. The number of carbonyl (C=O) groups is 2. The third kappa shape index (κ3) is 5.23. The summed E-state index contributed by atoms with van der Waals surface area (Å²) in [5, 5.41) is 3.30. The van der Waals surface area contributed by atoms with Gasteiger partial charge in [0.25, 0.3) is 0 Å². The fourth-order valence-electron chi connectivity index (χ4n) is 2.54. The second-order valence-corrected chi connectivity index (χ2v) is 8.24. The molecule has 146 valence electrons. The predicted molar refractivity (Wildman–Crippen MR) is 109 cm³/mol. The van der Waals surface area contributed by atoms with Crippen LogP contribution in [-0.4, -0.2) is 51.1 Å². The number of urea groups is 1. The molecule has 5 N–H and O–H groups in total. The lowest BCUT2D eigenvalue weighted by Gasteiger charge is -2.21. The Bertz CT molecular complexity index is 845. The number of aliphatic imine (C=N–C) groups is 1. The third-order valence-electron chi connectivity index (χ3n) is 3.92. The second kappa shape index (κ2) is 8.91. The molecule has 0 spiro atoms. The van der Waals surface area contributed by atoms with E-state index in [4.69, 9.17) is 11.5 Å². The van der Waals surface area contributed by atoms with Crippen molar-refractivity contribution >= 4 is 51.1 Å². The summed E-state index contributed by atoms with van der Waals surface area (Å²) in [6.07, 6.45) is 5.74. The van der Waals surface area contributed by atoms with E-state index in [1.54, 1.807) is 13.0 Å². The van der Waals surface area contributed by atoms with Crippen molar-refractivity contribution in [2.24, 2.45) is 16.5 Å².